The normalized spacial score (nSPS) is 12.6. The summed E-state index contributed by atoms with van der Waals surface area (Å²) in [6.45, 7) is 4.36. The van der Waals surface area contributed by atoms with Crippen molar-refractivity contribution in [3.63, 3.8) is 0 Å². The second-order valence-electron chi connectivity index (χ2n) is 3.99. The minimum atomic E-state index is -0.619. The Balaban J connectivity index is 3.05. The van der Waals surface area contributed by atoms with E-state index in [-0.39, 0.29) is 0 Å². The van der Waals surface area contributed by atoms with E-state index in [0.717, 1.165) is 23.4 Å². The predicted molar refractivity (Wildman–Crippen MR) is 65.5 cm³/mol. The molecule has 0 spiro atoms. The molecule has 0 saturated carbocycles. The second kappa shape index (κ2) is 5.68. The molecule has 3 heteroatoms. The van der Waals surface area contributed by atoms with Gasteiger partial charge in [0.15, 0.2) is 0 Å². The molecule has 0 aliphatic carbocycles. The molecule has 0 aliphatic heterocycles. The fraction of sp³-hybridized carbons (Fsp3) is 0.385. The van der Waals surface area contributed by atoms with Gasteiger partial charge in [0.2, 0.25) is 0 Å². The van der Waals surface area contributed by atoms with Crippen molar-refractivity contribution in [3.05, 3.63) is 42.0 Å². The number of ether oxygens (including phenoxy) is 1. The number of nitrogens with zero attached hydrogens (tertiary/aromatic N) is 1. The van der Waals surface area contributed by atoms with Crippen LogP contribution in [0.1, 0.15) is 17.2 Å². The number of hydrogen-bond acceptors (Lipinski definition) is 3. The summed E-state index contributed by atoms with van der Waals surface area (Å²) in [5.74, 6) is 0.841. The highest BCUT2D eigenvalue weighted by atomic mass is 16.5. The number of methoxy groups -OCH3 is 1. The first kappa shape index (κ1) is 12.7. The van der Waals surface area contributed by atoms with E-state index >= 15 is 0 Å². The molecule has 0 heterocycles. The lowest BCUT2D eigenvalue weighted by molar-refractivity contribution is 0.228. The van der Waals surface area contributed by atoms with Crippen molar-refractivity contribution in [2.75, 3.05) is 21.2 Å². The van der Waals surface area contributed by atoms with Gasteiger partial charge in [-0.15, -0.1) is 6.58 Å². The molecular weight excluding hydrogens is 202 g/mol. The molecule has 1 N–H and O–H groups in total. The molecule has 1 aromatic rings. The molecule has 0 fully saturated rings. The molecule has 0 radical (unpaired) electrons. The topological polar surface area (TPSA) is 32.7 Å². The molecule has 0 bridgehead atoms. The summed E-state index contributed by atoms with van der Waals surface area (Å²) in [4.78, 5) is 2.06. The molecule has 1 atom stereocenters. The molecule has 3 nitrogen and oxygen atoms in total. The van der Waals surface area contributed by atoms with Gasteiger partial charge >= 0.3 is 0 Å². The summed E-state index contributed by atoms with van der Waals surface area (Å²) in [5.41, 5.74) is 1.90. The van der Waals surface area contributed by atoms with Gasteiger partial charge in [0, 0.05) is 12.1 Å². The van der Waals surface area contributed by atoms with E-state index in [4.69, 9.17) is 4.74 Å². The zero-order valence-corrected chi connectivity index (χ0v) is 10.1. The van der Waals surface area contributed by atoms with Crippen molar-refractivity contribution >= 4 is 0 Å². The van der Waals surface area contributed by atoms with Crippen LogP contribution < -0.4 is 4.74 Å². The Morgan fingerprint density at radius 3 is 2.69 bits per heavy atom. The highest BCUT2D eigenvalue weighted by Gasteiger charge is 2.09. The van der Waals surface area contributed by atoms with Crippen molar-refractivity contribution in [3.8, 4) is 5.75 Å². The lowest BCUT2D eigenvalue weighted by atomic mass is 10.0. The maximum absolute atomic E-state index is 9.68. The third-order valence-electron chi connectivity index (χ3n) is 2.36. The van der Waals surface area contributed by atoms with Gasteiger partial charge in [0.25, 0.3) is 0 Å². The van der Waals surface area contributed by atoms with E-state index in [9.17, 15) is 5.11 Å². The van der Waals surface area contributed by atoms with E-state index in [1.807, 2.05) is 32.3 Å². The van der Waals surface area contributed by atoms with Crippen molar-refractivity contribution in [2.45, 2.75) is 12.6 Å². The first-order valence-corrected chi connectivity index (χ1v) is 5.20. The van der Waals surface area contributed by atoms with Gasteiger partial charge in [-0.2, -0.15) is 0 Å². The van der Waals surface area contributed by atoms with Crippen LogP contribution in [-0.4, -0.2) is 31.2 Å². The average molecular weight is 221 g/mol. The van der Waals surface area contributed by atoms with Gasteiger partial charge in [-0.3, -0.25) is 0 Å². The summed E-state index contributed by atoms with van der Waals surface area (Å²) in [7, 11) is 5.64. The SMILES string of the molecule is C=CC(O)c1ccc(OC)c(CN(C)C)c1. The van der Waals surface area contributed by atoms with Gasteiger partial charge in [-0.05, 0) is 31.8 Å². The van der Waals surface area contributed by atoms with Crippen LogP contribution in [-0.2, 0) is 6.54 Å². The Labute approximate surface area is 97.0 Å². The van der Waals surface area contributed by atoms with Crippen LogP contribution in [0.3, 0.4) is 0 Å². The molecule has 0 aliphatic rings. The predicted octanol–water partition coefficient (Wildman–Crippen LogP) is 1.98. The smallest absolute Gasteiger partial charge is 0.123 e. The number of benzene rings is 1. The van der Waals surface area contributed by atoms with Gasteiger partial charge in [-0.25, -0.2) is 0 Å². The van der Waals surface area contributed by atoms with E-state index in [0.29, 0.717) is 0 Å². The molecule has 16 heavy (non-hydrogen) atoms. The summed E-state index contributed by atoms with van der Waals surface area (Å²) >= 11 is 0. The van der Waals surface area contributed by atoms with E-state index in [2.05, 4.69) is 11.5 Å². The maximum Gasteiger partial charge on any atom is 0.123 e. The van der Waals surface area contributed by atoms with Crippen molar-refractivity contribution in [1.82, 2.24) is 4.90 Å². The number of rotatable bonds is 5. The fourth-order valence-corrected chi connectivity index (χ4v) is 1.58. The summed E-state index contributed by atoms with van der Waals surface area (Å²) in [6, 6.07) is 5.68. The van der Waals surface area contributed by atoms with Crippen LogP contribution in [0.25, 0.3) is 0 Å². The zero-order chi connectivity index (χ0) is 12.1. The first-order chi connectivity index (χ1) is 7.58. The summed E-state index contributed by atoms with van der Waals surface area (Å²) in [6.07, 6.45) is 0.896. The zero-order valence-electron chi connectivity index (χ0n) is 10.1. The minimum absolute atomic E-state index is 0.619. The van der Waals surface area contributed by atoms with Crippen LogP contribution in [0.2, 0.25) is 0 Å². The molecule has 88 valence electrons. The third kappa shape index (κ3) is 3.08. The monoisotopic (exact) mass is 221 g/mol. The molecule has 1 aromatic carbocycles. The highest BCUT2D eigenvalue weighted by molar-refractivity contribution is 5.38. The summed E-state index contributed by atoms with van der Waals surface area (Å²) in [5, 5.41) is 9.68. The largest absolute Gasteiger partial charge is 0.496 e. The number of aliphatic hydroxyl groups is 1. The van der Waals surface area contributed by atoms with E-state index in [1.165, 1.54) is 6.08 Å². The Morgan fingerprint density at radius 2 is 2.19 bits per heavy atom. The summed E-state index contributed by atoms with van der Waals surface area (Å²) < 4.78 is 5.28. The van der Waals surface area contributed by atoms with Crippen LogP contribution in [0.15, 0.2) is 30.9 Å². The van der Waals surface area contributed by atoms with Crippen LogP contribution in [0.4, 0.5) is 0 Å². The fourth-order valence-electron chi connectivity index (χ4n) is 1.58. The van der Waals surface area contributed by atoms with Gasteiger partial charge in [0.1, 0.15) is 5.75 Å². The van der Waals surface area contributed by atoms with Crippen LogP contribution in [0.5, 0.6) is 5.75 Å². The molecule has 0 saturated heterocycles. The number of hydrogen-bond donors (Lipinski definition) is 1. The molecule has 1 unspecified atom stereocenters. The van der Waals surface area contributed by atoms with Crippen LogP contribution in [0, 0.1) is 0 Å². The van der Waals surface area contributed by atoms with E-state index in [1.54, 1.807) is 7.11 Å². The lowest BCUT2D eigenvalue weighted by Crippen LogP contribution is -2.12. The quantitative estimate of drug-likeness (QED) is 0.772. The van der Waals surface area contributed by atoms with Crippen LogP contribution >= 0.6 is 0 Å². The Hall–Kier alpha value is -1.32. The Kier molecular flexibility index (Phi) is 4.52. The Morgan fingerprint density at radius 1 is 1.50 bits per heavy atom. The number of aliphatic hydroxyl groups excluding tert-OH is 1. The van der Waals surface area contributed by atoms with Gasteiger partial charge < -0.3 is 14.7 Å². The van der Waals surface area contributed by atoms with Crippen molar-refractivity contribution < 1.29 is 9.84 Å². The van der Waals surface area contributed by atoms with Crippen molar-refractivity contribution in [1.29, 1.82) is 0 Å². The minimum Gasteiger partial charge on any atom is -0.496 e. The standard InChI is InChI=1S/C13H19NO2/c1-5-12(15)10-6-7-13(16-4)11(8-10)9-14(2)3/h5-8,12,15H,1,9H2,2-4H3. The molecule has 1 rings (SSSR count). The average Bonchev–Trinajstić information content (AvgIpc) is 2.27. The molecule has 0 amide bonds. The second-order valence-corrected chi connectivity index (χ2v) is 3.99. The van der Waals surface area contributed by atoms with Crippen molar-refractivity contribution in [2.24, 2.45) is 0 Å². The van der Waals surface area contributed by atoms with Gasteiger partial charge in [0.05, 0.1) is 13.2 Å². The third-order valence-corrected chi connectivity index (χ3v) is 2.36. The first-order valence-electron chi connectivity index (χ1n) is 5.20. The van der Waals surface area contributed by atoms with E-state index < -0.39 is 6.10 Å². The lowest BCUT2D eigenvalue weighted by Gasteiger charge is -2.15. The highest BCUT2D eigenvalue weighted by Crippen LogP contribution is 2.24. The molecular formula is C13H19NO2. The molecule has 0 aromatic heterocycles. The Bertz CT molecular complexity index is 361. The van der Waals surface area contributed by atoms with Gasteiger partial charge in [-0.1, -0.05) is 12.1 Å². The maximum atomic E-state index is 9.68.